The minimum atomic E-state index is -3.50. The highest BCUT2D eigenvalue weighted by Gasteiger charge is 2.38. The summed E-state index contributed by atoms with van der Waals surface area (Å²) in [6.45, 7) is 1.03. The van der Waals surface area contributed by atoms with Crippen LogP contribution in [0.25, 0.3) is 0 Å². The molecular weight excluding hydrogens is 308 g/mol. The Morgan fingerprint density at radius 2 is 1.87 bits per heavy atom. The molecule has 120 valence electrons. The third-order valence-corrected chi connectivity index (χ3v) is 6.50. The summed E-state index contributed by atoms with van der Waals surface area (Å²) in [6.07, 6.45) is 1.84. The smallest absolute Gasteiger partial charge is 0.241 e. The van der Waals surface area contributed by atoms with Crippen molar-refractivity contribution in [2.24, 2.45) is 0 Å². The zero-order valence-electron chi connectivity index (χ0n) is 13.1. The Morgan fingerprint density at radius 1 is 1.09 bits per heavy atom. The fourth-order valence-corrected chi connectivity index (χ4v) is 5.10. The Hall–Kier alpha value is -1.69. The molecule has 0 fully saturated rings. The highest BCUT2D eigenvalue weighted by atomic mass is 32.2. The van der Waals surface area contributed by atoms with Gasteiger partial charge in [-0.25, -0.2) is 13.1 Å². The quantitative estimate of drug-likeness (QED) is 0.942. The summed E-state index contributed by atoms with van der Waals surface area (Å²) in [4.78, 5) is 2.66. The van der Waals surface area contributed by atoms with Crippen molar-refractivity contribution in [1.29, 1.82) is 0 Å². The van der Waals surface area contributed by atoms with Crippen molar-refractivity contribution in [3.05, 3.63) is 65.2 Å². The van der Waals surface area contributed by atoms with Gasteiger partial charge in [-0.3, -0.25) is 4.90 Å². The number of nitrogens with zero attached hydrogens (tertiary/aromatic N) is 1. The summed E-state index contributed by atoms with van der Waals surface area (Å²) >= 11 is 0. The molecule has 0 amide bonds. The van der Waals surface area contributed by atoms with E-state index in [1.807, 2.05) is 12.1 Å². The number of hydrogen-bond donors (Lipinski definition) is 1. The molecule has 0 spiro atoms. The lowest BCUT2D eigenvalue weighted by Crippen LogP contribution is -2.31. The molecule has 2 aliphatic rings. The van der Waals surface area contributed by atoms with Crippen molar-refractivity contribution in [2.45, 2.75) is 29.8 Å². The molecule has 0 radical (unpaired) electrons. The lowest BCUT2D eigenvalue weighted by molar-refractivity contribution is 0.224. The van der Waals surface area contributed by atoms with Crippen molar-refractivity contribution in [3.8, 4) is 0 Å². The van der Waals surface area contributed by atoms with Crippen LogP contribution in [0.3, 0.4) is 0 Å². The van der Waals surface area contributed by atoms with Crippen molar-refractivity contribution in [3.63, 3.8) is 0 Å². The molecule has 23 heavy (non-hydrogen) atoms. The molecule has 1 heterocycles. The van der Waals surface area contributed by atoms with E-state index in [4.69, 9.17) is 0 Å². The number of hydrogen-bond acceptors (Lipinski definition) is 3. The van der Waals surface area contributed by atoms with Crippen LogP contribution in [0.5, 0.6) is 0 Å². The second-order valence-corrected chi connectivity index (χ2v) is 8.10. The van der Waals surface area contributed by atoms with Crippen LogP contribution in [0.15, 0.2) is 53.4 Å². The molecule has 1 N–H and O–H groups in total. The molecule has 0 aromatic heterocycles. The molecule has 4 rings (SSSR count). The van der Waals surface area contributed by atoms with Crippen LogP contribution in [-0.4, -0.2) is 26.9 Å². The molecule has 2 unspecified atom stereocenters. The van der Waals surface area contributed by atoms with Gasteiger partial charge in [-0.15, -0.1) is 0 Å². The lowest BCUT2D eigenvalue weighted by atomic mass is 9.94. The molecule has 0 saturated carbocycles. The number of benzene rings is 2. The molecule has 5 heteroatoms. The van der Waals surface area contributed by atoms with Crippen molar-refractivity contribution in [2.75, 3.05) is 13.6 Å². The van der Waals surface area contributed by atoms with Gasteiger partial charge in [0, 0.05) is 18.6 Å². The highest BCUT2D eigenvalue weighted by molar-refractivity contribution is 7.89. The van der Waals surface area contributed by atoms with Crippen LogP contribution < -0.4 is 4.72 Å². The Bertz CT molecular complexity index is 833. The third-order valence-electron chi connectivity index (χ3n) is 5.01. The molecule has 0 saturated heterocycles. The number of likely N-dealkylation sites (N-methyl/N-ethyl adjacent to an activating group) is 1. The largest absolute Gasteiger partial charge is 0.299 e. The molecule has 1 aliphatic heterocycles. The van der Waals surface area contributed by atoms with Gasteiger partial charge in [0.05, 0.1) is 4.90 Å². The monoisotopic (exact) mass is 328 g/mol. The predicted octanol–water partition coefficient (Wildman–Crippen LogP) is 2.64. The molecule has 1 aliphatic carbocycles. The van der Waals surface area contributed by atoms with E-state index < -0.39 is 10.0 Å². The second-order valence-electron chi connectivity index (χ2n) is 6.39. The van der Waals surface area contributed by atoms with Crippen LogP contribution >= 0.6 is 0 Å². The van der Waals surface area contributed by atoms with Crippen LogP contribution in [0.2, 0.25) is 0 Å². The average Bonchev–Trinajstić information content (AvgIpc) is 2.92. The topological polar surface area (TPSA) is 49.4 Å². The summed E-state index contributed by atoms with van der Waals surface area (Å²) in [6, 6.07) is 15.0. The maximum atomic E-state index is 12.7. The van der Waals surface area contributed by atoms with E-state index >= 15 is 0 Å². The van der Waals surface area contributed by atoms with E-state index in [2.05, 4.69) is 28.8 Å². The first kappa shape index (κ1) is 14.9. The fourth-order valence-electron chi connectivity index (χ4n) is 3.85. The van der Waals surface area contributed by atoms with Gasteiger partial charge in [0.1, 0.15) is 0 Å². The standard InChI is InChI=1S/C18H20N2O2S/c1-20-11-10-13-6-5-9-15-16(12-17(20)18(13)15)19-23(21,22)14-7-3-2-4-8-14/h2-9,16-17,19H,10-12H2,1H3. The summed E-state index contributed by atoms with van der Waals surface area (Å²) in [5.74, 6) is 0. The van der Waals surface area contributed by atoms with Crippen molar-refractivity contribution in [1.82, 2.24) is 9.62 Å². The van der Waals surface area contributed by atoms with E-state index in [-0.39, 0.29) is 6.04 Å². The summed E-state index contributed by atoms with van der Waals surface area (Å²) in [5, 5.41) is 0. The summed E-state index contributed by atoms with van der Waals surface area (Å²) < 4.78 is 28.2. The maximum absolute atomic E-state index is 12.7. The second kappa shape index (κ2) is 5.44. The number of nitrogens with one attached hydrogen (secondary N) is 1. The minimum Gasteiger partial charge on any atom is -0.299 e. The van der Waals surface area contributed by atoms with Gasteiger partial charge >= 0.3 is 0 Å². The molecule has 2 atom stereocenters. The zero-order valence-corrected chi connectivity index (χ0v) is 13.9. The Balaban J connectivity index is 1.69. The minimum absolute atomic E-state index is 0.152. The Labute approximate surface area is 137 Å². The molecule has 0 bridgehead atoms. The van der Waals surface area contributed by atoms with Crippen molar-refractivity contribution < 1.29 is 8.42 Å². The van der Waals surface area contributed by atoms with Crippen LogP contribution in [-0.2, 0) is 16.4 Å². The molecule has 2 aromatic carbocycles. The van der Waals surface area contributed by atoms with Crippen LogP contribution in [0.1, 0.15) is 35.2 Å². The highest BCUT2D eigenvalue weighted by Crippen LogP contribution is 2.46. The van der Waals surface area contributed by atoms with Gasteiger partial charge < -0.3 is 0 Å². The van der Waals surface area contributed by atoms with Gasteiger partial charge in [-0.05, 0) is 48.7 Å². The van der Waals surface area contributed by atoms with Gasteiger partial charge in [-0.2, -0.15) is 0 Å². The first-order chi connectivity index (χ1) is 11.1. The zero-order chi connectivity index (χ0) is 16.0. The Morgan fingerprint density at radius 3 is 2.65 bits per heavy atom. The molecule has 2 aromatic rings. The van der Waals surface area contributed by atoms with E-state index in [0.717, 1.165) is 24.9 Å². The first-order valence-corrected chi connectivity index (χ1v) is 9.44. The first-order valence-electron chi connectivity index (χ1n) is 7.95. The van der Waals surface area contributed by atoms with Crippen molar-refractivity contribution >= 4 is 10.0 Å². The Kier molecular flexibility index (Phi) is 3.52. The van der Waals surface area contributed by atoms with E-state index in [1.54, 1.807) is 24.3 Å². The number of rotatable bonds is 3. The fraction of sp³-hybridized carbons (Fsp3) is 0.333. The van der Waals surface area contributed by atoms with E-state index in [0.29, 0.717) is 10.9 Å². The predicted molar refractivity (Wildman–Crippen MR) is 89.6 cm³/mol. The average molecular weight is 328 g/mol. The molecule has 4 nitrogen and oxygen atoms in total. The van der Waals surface area contributed by atoms with Gasteiger partial charge in [0.2, 0.25) is 10.0 Å². The summed E-state index contributed by atoms with van der Waals surface area (Å²) in [5.41, 5.74) is 3.84. The van der Waals surface area contributed by atoms with Crippen LogP contribution in [0.4, 0.5) is 0 Å². The van der Waals surface area contributed by atoms with Gasteiger partial charge in [0.25, 0.3) is 0 Å². The van der Waals surface area contributed by atoms with Gasteiger partial charge in [-0.1, -0.05) is 36.4 Å². The van der Waals surface area contributed by atoms with Crippen LogP contribution in [0, 0.1) is 0 Å². The summed E-state index contributed by atoms with van der Waals surface area (Å²) in [7, 11) is -1.37. The van der Waals surface area contributed by atoms with E-state index in [9.17, 15) is 8.42 Å². The molecular formula is C18H20N2O2S. The SMILES string of the molecule is CN1CCc2cccc3c2C1CC3NS(=O)(=O)c1ccccc1. The van der Waals surface area contributed by atoms with E-state index in [1.165, 1.54) is 11.1 Å². The number of sulfonamides is 1. The third kappa shape index (κ3) is 2.49. The van der Waals surface area contributed by atoms with Gasteiger partial charge in [0.15, 0.2) is 0 Å². The normalized spacial score (nSPS) is 23.7. The lowest BCUT2D eigenvalue weighted by Gasteiger charge is -2.31. The maximum Gasteiger partial charge on any atom is 0.241 e.